The van der Waals surface area contributed by atoms with Crippen molar-refractivity contribution in [3.63, 3.8) is 0 Å². The van der Waals surface area contributed by atoms with Gasteiger partial charge in [-0.25, -0.2) is 0 Å². The number of methoxy groups -OCH3 is 2. The number of nitrogens with one attached hydrogen (secondary N) is 1. The zero-order valence-electron chi connectivity index (χ0n) is 7.69. The standard InChI is InChI=1S/C7H13N3O2S/c1-11-4-6(12-2)3-10-5-8-9-7(10)13/h5-6H,3-4H2,1-2H3,(H,9,13). The summed E-state index contributed by atoms with van der Waals surface area (Å²) in [4.78, 5) is 0. The first kappa shape index (κ1) is 10.4. The third-order valence-electron chi connectivity index (χ3n) is 1.70. The van der Waals surface area contributed by atoms with Gasteiger partial charge in [-0.15, -0.1) is 0 Å². The van der Waals surface area contributed by atoms with E-state index in [1.807, 2.05) is 4.57 Å². The second-order valence-corrected chi connectivity index (χ2v) is 3.01. The van der Waals surface area contributed by atoms with Crippen LogP contribution in [0.25, 0.3) is 0 Å². The first-order valence-corrected chi connectivity index (χ1v) is 4.30. The van der Waals surface area contributed by atoms with Gasteiger partial charge in [0, 0.05) is 14.2 Å². The van der Waals surface area contributed by atoms with Gasteiger partial charge in [0.15, 0.2) is 4.77 Å². The Morgan fingerprint density at radius 3 is 2.92 bits per heavy atom. The van der Waals surface area contributed by atoms with Crippen LogP contribution in [0.2, 0.25) is 0 Å². The summed E-state index contributed by atoms with van der Waals surface area (Å²) in [5.74, 6) is 0. The van der Waals surface area contributed by atoms with Crippen LogP contribution < -0.4 is 0 Å². The molecule has 1 N–H and O–H groups in total. The highest BCUT2D eigenvalue weighted by atomic mass is 32.1. The number of H-pyrrole nitrogens is 1. The lowest BCUT2D eigenvalue weighted by Crippen LogP contribution is -2.23. The zero-order chi connectivity index (χ0) is 9.68. The second kappa shape index (κ2) is 5.11. The van der Waals surface area contributed by atoms with Crippen molar-refractivity contribution < 1.29 is 9.47 Å². The predicted molar refractivity (Wildman–Crippen MR) is 50.1 cm³/mol. The molecule has 1 aromatic rings. The molecule has 0 saturated carbocycles. The average Bonchev–Trinajstić information content (AvgIpc) is 2.51. The highest BCUT2D eigenvalue weighted by Crippen LogP contribution is 1.97. The molecule has 0 aliphatic heterocycles. The fraction of sp³-hybridized carbons (Fsp3) is 0.714. The number of hydrogen-bond donors (Lipinski definition) is 1. The van der Waals surface area contributed by atoms with E-state index in [2.05, 4.69) is 10.2 Å². The molecule has 0 aliphatic carbocycles. The van der Waals surface area contributed by atoms with Crippen molar-refractivity contribution >= 4 is 12.2 Å². The van der Waals surface area contributed by atoms with E-state index in [-0.39, 0.29) is 6.10 Å². The quantitative estimate of drug-likeness (QED) is 0.712. The summed E-state index contributed by atoms with van der Waals surface area (Å²) in [5, 5.41) is 6.48. The Labute approximate surface area is 81.7 Å². The van der Waals surface area contributed by atoms with Crippen LogP contribution in [-0.2, 0) is 16.0 Å². The Morgan fingerprint density at radius 2 is 2.46 bits per heavy atom. The number of aromatic amines is 1. The van der Waals surface area contributed by atoms with E-state index in [0.717, 1.165) is 0 Å². The van der Waals surface area contributed by atoms with Gasteiger partial charge < -0.3 is 14.0 Å². The summed E-state index contributed by atoms with van der Waals surface area (Å²) < 4.78 is 12.6. The minimum absolute atomic E-state index is 0.00861. The van der Waals surface area contributed by atoms with Crippen molar-refractivity contribution in [1.82, 2.24) is 14.8 Å². The van der Waals surface area contributed by atoms with Crippen molar-refractivity contribution in [2.45, 2.75) is 12.6 Å². The first-order valence-electron chi connectivity index (χ1n) is 3.89. The molecule has 1 aromatic heterocycles. The maximum absolute atomic E-state index is 5.19. The largest absolute Gasteiger partial charge is 0.382 e. The van der Waals surface area contributed by atoms with Gasteiger partial charge >= 0.3 is 0 Å². The van der Waals surface area contributed by atoms with Gasteiger partial charge in [-0.05, 0) is 12.2 Å². The molecule has 0 amide bonds. The lowest BCUT2D eigenvalue weighted by atomic mass is 10.4. The number of nitrogens with zero attached hydrogens (tertiary/aromatic N) is 2. The molecule has 0 aliphatic rings. The monoisotopic (exact) mass is 203 g/mol. The summed E-state index contributed by atoms with van der Waals surface area (Å²) >= 11 is 4.98. The third kappa shape index (κ3) is 2.91. The van der Waals surface area contributed by atoms with Crippen LogP contribution in [-0.4, -0.2) is 41.7 Å². The molecule has 0 saturated heterocycles. The van der Waals surface area contributed by atoms with Crippen LogP contribution in [0.4, 0.5) is 0 Å². The molecule has 5 nitrogen and oxygen atoms in total. The molecular weight excluding hydrogens is 190 g/mol. The van der Waals surface area contributed by atoms with Crippen molar-refractivity contribution in [3.05, 3.63) is 11.1 Å². The summed E-state index contributed by atoms with van der Waals surface area (Å²) in [6.45, 7) is 1.20. The van der Waals surface area contributed by atoms with E-state index in [0.29, 0.717) is 17.9 Å². The van der Waals surface area contributed by atoms with E-state index >= 15 is 0 Å². The van der Waals surface area contributed by atoms with Gasteiger partial charge in [0.05, 0.1) is 19.3 Å². The van der Waals surface area contributed by atoms with Gasteiger partial charge in [0.1, 0.15) is 6.33 Å². The van der Waals surface area contributed by atoms with Crippen molar-refractivity contribution in [1.29, 1.82) is 0 Å². The molecule has 1 unspecified atom stereocenters. The molecule has 6 heteroatoms. The average molecular weight is 203 g/mol. The molecule has 0 aromatic carbocycles. The first-order chi connectivity index (χ1) is 6.27. The maximum atomic E-state index is 5.19. The van der Waals surface area contributed by atoms with Gasteiger partial charge in [0.2, 0.25) is 0 Å². The Bertz CT molecular complexity index is 296. The van der Waals surface area contributed by atoms with E-state index in [1.165, 1.54) is 0 Å². The van der Waals surface area contributed by atoms with E-state index in [9.17, 15) is 0 Å². The smallest absolute Gasteiger partial charge is 0.195 e. The highest BCUT2D eigenvalue weighted by Gasteiger charge is 2.07. The summed E-state index contributed by atoms with van der Waals surface area (Å²) in [5.41, 5.74) is 0. The van der Waals surface area contributed by atoms with E-state index < -0.39 is 0 Å². The highest BCUT2D eigenvalue weighted by molar-refractivity contribution is 7.71. The minimum atomic E-state index is 0.00861. The molecule has 13 heavy (non-hydrogen) atoms. The summed E-state index contributed by atoms with van der Waals surface area (Å²) in [7, 11) is 3.29. The van der Waals surface area contributed by atoms with E-state index in [4.69, 9.17) is 21.7 Å². The van der Waals surface area contributed by atoms with Crippen LogP contribution in [0.1, 0.15) is 0 Å². The number of ether oxygens (including phenoxy) is 2. The Morgan fingerprint density at radius 1 is 1.69 bits per heavy atom. The molecular formula is C7H13N3O2S. The van der Waals surface area contributed by atoms with Gasteiger partial charge in [-0.1, -0.05) is 0 Å². The van der Waals surface area contributed by atoms with E-state index in [1.54, 1.807) is 20.5 Å². The van der Waals surface area contributed by atoms with Gasteiger partial charge in [0.25, 0.3) is 0 Å². The summed E-state index contributed by atoms with van der Waals surface area (Å²) in [6.07, 6.45) is 1.65. The molecule has 1 heterocycles. The normalized spacial score (nSPS) is 13.1. The number of rotatable bonds is 5. The van der Waals surface area contributed by atoms with Crippen LogP contribution in [0.3, 0.4) is 0 Å². The Kier molecular flexibility index (Phi) is 4.07. The third-order valence-corrected chi connectivity index (χ3v) is 2.03. The van der Waals surface area contributed by atoms with Crippen LogP contribution in [0, 0.1) is 4.77 Å². The topological polar surface area (TPSA) is 52.1 Å². The lowest BCUT2D eigenvalue weighted by Gasteiger charge is -2.13. The summed E-state index contributed by atoms with van der Waals surface area (Å²) in [6, 6.07) is 0. The minimum Gasteiger partial charge on any atom is -0.382 e. The molecule has 0 radical (unpaired) electrons. The number of hydrogen-bond acceptors (Lipinski definition) is 4. The molecule has 1 atom stereocenters. The Balaban J connectivity index is 2.56. The molecule has 74 valence electrons. The Hall–Kier alpha value is -0.720. The second-order valence-electron chi connectivity index (χ2n) is 2.63. The van der Waals surface area contributed by atoms with Crippen molar-refractivity contribution in [2.24, 2.45) is 0 Å². The van der Waals surface area contributed by atoms with Crippen molar-refractivity contribution in [2.75, 3.05) is 20.8 Å². The molecule has 0 bridgehead atoms. The number of aromatic nitrogens is 3. The molecule has 0 spiro atoms. The lowest BCUT2D eigenvalue weighted by molar-refractivity contribution is 0.0181. The molecule has 0 fully saturated rings. The maximum Gasteiger partial charge on any atom is 0.195 e. The van der Waals surface area contributed by atoms with Crippen LogP contribution in [0.15, 0.2) is 6.33 Å². The fourth-order valence-corrected chi connectivity index (χ4v) is 1.18. The zero-order valence-corrected chi connectivity index (χ0v) is 8.50. The predicted octanol–water partition coefficient (Wildman–Crippen LogP) is 0.602. The van der Waals surface area contributed by atoms with Gasteiger partial charge in [-0.2, -0.15) is 5.10 Å². The van der Waals surface area contributed by atoms with Crippen LogP contribution >= 0.6 is 12.2 Å². The van der Waals surface area contributed by atoms with Gasteiger partial charge in [-0.3, -0.25) is 5.10 Å². The SMILES string of the molecule is COCC(Cn1cn[nH]c1=S)OC. The van der Waals surface area contributed by atoms with Crippen molar-refractivity contribution in [3.8, 4) is 0 Å². The molecule has 1 rings (SSSR count). The fourth-order valence-electron chi connectivity index (χ4n) is 1.00. The van der Waals surface area contributed by atoms with Crippen LogP contribution in [0.5, 0.6) is 0 Å².